The molecule has 1 heterocycles. The summed E-state index contributed by atoms with van der Waals surface area (Å²) in [6.45, 7) is 12.0. The number of hydrogen-bond acceptors (Lipinski definition) is 2. The van der Waals surface area contributed by atoms with Crippen molar-refractivity contribution in [1.29, 1.82) is 0 Å². The molecule has 0 saturated heterocycles. The summed E-state index contributed by atoms with van der Waals surface area (Å²) in [7, 11) is 7.34. The zero-order valence-corrected chi connectivity index (χ0v) is 40.3. The standard InChI is InChI=1S/C48H50F3NOSi.2CH3.2ClH.Zr/c1-32-26-27-42-40(30-32)43-44(52(42)31-33-18-8-15-25-41(33)48(49,50)51)36-21-11-14-24-39(36)46(43)54(5,29-17-7-6-16-28-53-47(2,3)4)45-37-22-12-9-19-34(37)35-20-10-13-23-38(35)45;;;;;/h8-15,18-27,30,44-45H,6-7,16-17,28-29,31H2,1-5H3;2*1H3;2*1H;/q;2*-1;;;+4/p-2. The summed E-state index contributed by atoms with van der Waals surface area (Å²) in [4.78, 5) is 2.26. The number of fused-ring (bicyclic) bond motifs is 8. The Labute approximate surface area is 370 Å². The minimum absolute atomic E-state index is 0. The molecule has 8 rings (SSSR count). The topological polar surface area (TPSA) is 12.5 Å². The molecule has 5 aromatic carbocycles. The SMILES string of the molecule is Cc1ccc2c(c1)C1=C([Si](C)(CCCCCCOC(C)(C)C)C3c4ccccc4-c4ccccc43)c3ccccc3C1N2Cc1ccccc1C(F)(F)F.[CH3-].[CH3-].[Cl][Zr+2][Cl]. The van der Waals surface area contributed by atoms with Gasteiger partial charge in [0, 0.05) is 29.9 Å². The van der Waals surface area contributed by atoms with Crippen LogP contribution in [0.5, 0.6) is 0 Å². The molecule has 2 aliphatic carbocycles. The number of benzene rings is 5. The molecule has 3 aliphatic rings. The Morgan fingerprint density at radius 3 is 1.85 bits per heavy atom. The third-order valence-corrected chi connectivity index (χ3v) is 16.9. The third-order valence-electron chi connectivity index (χ3n) is 12.0. The summed E-state index contributed by atoms with van der Waals surface area (Å²) in [6, 6.07) is 40.4. The first-order chi connectivity index (χ1) is 27.3. The number of nitrogens with zero attached hydrogens (tertiary/aromatic N) is 1. The van der Waals surface area contributed by atoms with Crippen molar-refractivity contribution in [2.75, 3.05) is 11.5 Å². The number of alkyl halides is 3. The van der Waals surface area contributed by atoms with Crippen molar-refractivity contribution in [3.8, 4) is 11.1 Å². The normalized spacial score (nSPS) is 16.0. The molecule has 0 fully saturated rings. The minimum atomic E-state index is -4.43. The van der Waals surface area contributed by atoms with Crippen LogP contribution in [0.2, 0.25) is 12.6 Å². The van der Waals surface area contributed by atoms with Gasteiger partial charge < -0.3 is 24.5 Å². The number of aryl methyl sites for hydroxylation is 1. The summed E-state index contributed by atoms with van der Waals surface area (Å²) in [5, 5.41) is 1.48. The molecule has 1 aliphatic heterocycles. The zero-order chi connectivity index (χ0) is 40.5. The van der Waals surface area contributed by atoms with Crippen LogP contribution in [-0.2, 0) is 38.3 Å². The molecule has 2 nitrogen and oxygen atoms in total. The van der Waals surface area contributed by atoms with E-state index in [4.69, 9.17) is 21.8 Å². The predicted octanol–water partition coefficient (Wildman–Crippen LogP) is 15.6. The fourth-order valence-electron chi connectivity index (χ4n) is 9.75. The molecular formula is C50H56Cl2F3NOSiZr. The van der Waals surface area contributed by atoms with E-state index in [1.807, 2.05) is 0 Å². The van der Waals surface area contributed by atoms with Gasteiger partial charge in [0.25, 0.3) is 0 Å². The average Bonchev–Trinajstić information content (AvgIpc) is 3.80. The van der Waals surface area contributed by atoms with Gasteiger partial charge in [-0.3, -0.25) is 0 Å². The van der Waals surface area contributed by atoms with Crippen molar-refractivity contribution in [1.82, 2.24) is 0 Å². The predicted molar refractivity (Wildman–Crippen MR) is 244 cm³/mol. The van der Waals surface area contributed by atoms with Crippen LogP contribution in [0, 0.1) is 21.8 Å². The Balaban J connectivity index is 0.00000128. The van der Waals surface area contributed by atoms with Gasteiger partial charge in [0.2, 0.25) is 0 Å². The van der Waals surface area contributed by atoms with Gasteiger partial charge in [-0.15, -0.1) is 0 Å². The van der Waals surface area contributed by atoms with E-state index in [0.29, 0.717) is 5.56 Å². The average molecular weight is 934 g/mol. The molecule has 2 atom stereocenters. The fraction of sp³-hybridized carbons (Fsp3) is 0.320. The van der Waals surface area contributed by atoms with Gasteiger partial charge in [-0.05, 0) is 102 Å². The van der Waals surface area contributed by atoms with Gasteiger partial charge in [-0.1, -0.05) is 134 Å². The number of anilines is 1. The van der Waals surface area contributed by atoms with Crippen LogP contribution >= 0.6 is 17.0 Å². The first-order valence-electron chi connectivity index (χ1n) is 19.9. The number of hydrogen-bond donors (Lipinski definition) is 0. The summed E-state index contributed by atoms with van der Waals surface area (Å²) in [5.41, 5.74) is 12.5. The van der Waals surface area contributed by atoms with Crippen molar-refractivity contribution in [2.24, 2.45) is 0 Å². The second-order valence-electron chi connectivity index (χ2n) is 16.8. The number of ether oxygens (including phenoxy) is 1. The number of halogens is 5. The van der Waals surface area contributed by atoms with Gasteiger partial charge in [0.05, 0.1) is 25.3 Å². The Morgan fingerprint density at radius 2 is 1.24 bits per heavy atom. The maximum atomic E-state index is 14.5. The Hall–Kier alpha value is -2.93. The zero-order valence-electron chi connectivity index (χ0n) is 35.3. The quantitative estimate of drug-likeness (QED) is 0.0743. The van der Waals surface area contributed by atoms with Crippen LogP contribution < -0.4 is 4.90 Å². The van der Waals surface area contributed by atoms with E-state index in [1.165, 1.54) is 61.8 Å². The number of unbranched alkanes of at least 4 members (excludes halogenated alkanes) is 3. The van der Waals surface area contributed by atoms with Gasteiger partial charge in [-0.25, -0.2) is 0 Å². The van der Waals surface area contributed by atoms with Crippen LogP contribution in [-0.4, -0.2) is 20.3 Å². The summed E-state index contributed by atoms with van der Waals surface area (Å²) in [5.74, 6) is 0. The fourth-order valence-corrected chi connectivity index (χ4v) is 15.2. The van der Waals surface area contributed by atoms with Crippen LogP contribution in [0.3, 0.4) is 0 Å². The molecule has 0 aromatic heterocycles. The summed E-state index contributed by atoms with van der Waals surface area (Å²) in [6.07, 6.45) is -0.0121. The third kappa shape index (κ3) is 9.46. The van der Waals surface area contributed by atoms with Crippen LogP contribution in [0.15, 0.2) is 115 Å². The molecule has 310 valence electrons. The monoisotopic (exact) mass is 931 g/mol. The van der Waals surface area contributed by atoms with E-state index >= 15 is 0 Å². The molecule has 0 N–H and O–H groups in total. The van der Waals surface area contributed by atoms with Gasteiger partial charge in [0.1, 0.15) is 0 Å². The molecule has 0 radical (unpaired) electrons. The second-order valence-corrected chi connectivity index (χ2v) is 24.9. The second kappa shape index (κ2) is 19.4. The van der Waals surface area contributed by atoms with Crippen molar-refractivity contribution >= 4 is 41.6 Å². The first-order valence-corrected chi connectivity index (χ1v) is 29.0. The molecule has 0 saturated carbocycles. The van der Waals surface area contributed by atoms with E-state index < -0.39 is 40.7 Å². The Kier molecular flexibility index (Phi) is 15.5. The molecule has 0 amide bonds. The summed E-state index contributed by atoms with van der Waals surface area (Å²) >= 11 is -0.826. The van der Waals surface area contributed by atoms with E-state index in [-0.39, 0.29) is 38.6 Å². The Bertz CT molecular complexity index is 2220. The van der Waals surface area contributed by atoms with Crippen molar-refractivity contribution in [2.45, 2.75) is 95.9 Å². The van der Waals surface area contributed by atoms with E-state index in [0.717, 1.165) is 49.6 Å². The molecule has 9 heteroatoms. The van der Waals surface area contributed by atoms with Crippen molar-refractivity contribution < 1.29 is 38.8 Å². The van der Waals surface area contributed by atoms with E-state index in [1.54, 1.807) is 12.1 Å². The molecule has 59 heavy (non-hydrogen) atoms. The van der Waals surface area contributed by atoms with Gasteiger partial charge in [0.15, 0.2) is 0 Å². The summed E-state index contributed by atoms with van der Waals surface area (Å²) < 4.78 is 49.4. The van der Waals surface area contributed by atoms with E-state index in [2.05, 4.69) is 130 Å². The van der Waals surface area contributed by atoms with Crippen LogP contribution in [0.25, 0.3) is 21.9 Å². The Morgan fingerprint density at radius 1 is 0.695 bits per heavy atom. The number of rotatable bonds is 11. The molecule has 0 bridgehead atoms. The van der Waals surface area contributed by atoms with E-state index in [9.17, 15) is 13.2 Å². The van der Waals surface area contributed by atoms with Crippen LogP contribution in [0.1, 0.15) is 103 Å². The van der Waals surface area contributed by atoms with Crippen molar-refractivity contribution in [3.05, 3.63) is 175 Å². The maximum absolute atomic E-state index is 14.5. The van der Waals surface area contributed by atoms with Gasteiger partial charge >= 0.3 is 44.1 Å². The molecule has 5 aromatic rings. The van der Waals surface area contributed by atoms with Crippen LogP contribution in [0.4, 0.5) is 18.9 Å². The molecule has 0 spiro atoms. The molecule has 2 unspecified atom stereocenters. The first kappa shape index (κ1) is 47.1. The molecular weight excluding hydrogens is 878 g/mol. The van der Waals surface area contributed by atoms with Gasteiger partial charge in [-0.2, -0.15) is 13.2 Å². The van der Waals surface area contributed by atoms with Crippen molar-refractivity contribution in [3.63, 3.8) is 0 Å².